The average molecular weight is 272 g/mol. The molecule has 1 saturated heterocycles. The first-order chi connectivity index (χ1) is 9.33. The number of hydrogen-bond donors (Lipinski definition) is 1. The molecule has 2 aromatic carbocycles. The number of para-hydroxylation sites is 1. The monoisotopic (exact) mass is 271 g/mol. The second-order valence-electron chi connectivity index (χ2n) is 5.19. The summed E-state index contributed by atoms with van der Waals surface area (Å²) in [5.74, 6) is 2.82. The summed E-state index contributed by atoms with van der Waals surface area (Å²) in [6.45, 7) is 1.98. The van der Waals surface area contributed by atoms with Gasteiger partial charge in [-0.05, 0) is 29.8 Å². The van der Waals surface area contributed by atoms with Gasteiger partial charge in [-0.25, -0.2) is 0 Å². The van der Waals surface area contributed by atoms with Crippen LogP contribution in [0.1, 0.15) is 23.0 Å². The van der Waals surface area contributed by atoms with Crippen LogP contribution in [-0.2, 0) is 0 Å². The van der Waals surface area contributed by atoms with Crippen LogP contribution in [0.5, 0.6) is 11.5 Å². The Kier molecular flexibility index (Phi) is 2.54. The minimum absolute atomic E-state index is 0.442. The number of rotatable bonds is 0. The number of halogens is 1. The summed E-state index contributed by atoms with van der Waals surface area (Å²) < 4.78 is 6.11. The number of nitrogens with one attached hydrogen (secondary N) is 1. The molecule has 4 rings (SSSR count). The summed E-state index contributed by atoms with van der Waals surface area (Å²) >= 11 is 6.16. The standard InChI is InChI=1S/C16H14ClNO/c17-10-5-6-16-12(7-10)14-9-18-8-13(14)11-3-1-2-4-15(11)19-16/h1-7,13-14,18H,8-9H2/t13-,14?/m0/s1. The molecule has 2 aromatic rings. The van der Waals surface area contributed by atoms with E-state index in [0.29, 0.717) is 11.8 Å². The van der Waals surface area contributed by atoms with Gasteiger partial charge in [-0.2, -0.15) is 0 Å². The van der Waals surface area contributed by atoms with Crippen LogP contribution in [0.2, 0.25) is 5.02 Å². The zero-order valence-electron chi connectivity index (χ0n) is 10.4. The lowest BCUT2D eigenvalue weighted by molar-refractivity contribution is 0.476. The summed E-state index contributed by atoms with van der Waals surface area (Å²) in [5.41, 5.74) is 2.52. The van der Waals surface area contributed by atoms with Gasteiger partial charge in [-0.1, -0.05) is 29.8 Å². The minimum atomic E-state index is 0.442. The fraction of sp³-hybridized carbons (Fsp3) is 0.250. The highest BCUT2D eigenvalue weighted by Crippen LogP contribution is 2.48. The molecule has 19 heavy (non-hydrogen) atoms. The highest BCUT2D eigenvalue weighted by molar-refractivity contribution is 6.30. The van der Waals surface area contributed by atoms with Crippen molar-refractivity contribution in [2.75, 3.05) is 13.1 Å². The van der Waals surface area contributed by atoms with E-state index in [1.807, 2.05) is 24.3 Å². The van der Waals surface area contributed by atoms with Crippen LogP contribution < -0.4 is 10.1 Å². The van der Waals surface area contributed by atoms with Gasteiger partial charge in [0.05, 0.1) is 0 Å². The van der Waals surface area contributed by atoms with Crippen molar-refractivity contribution in [2.24, 2.45) is 0 Å². The zero-order chi connectivity index (χ0) is 12.8. The van der Waals surface area contributed by atoms with Crippen molar-refractivity contribution in [1.29, 1.82) is 0 Å². The molecule has 1 fully saturated rings. The molecule has 2 atom stereocenters. The Morgan fingerprint density at radius 3 is 2.58 bits per heavy atom. The molecular weight excluding hydrogens is 258 g/mol. The fourth-order valence-electron chi connectivity index (χ4n) is 3.23. The van der Waals surface area contributed by atoms with E-state index >= 15 is 0 Å². The largest absolute Gasteiger partial charge is 0.457 e. The Morgan fingerprint density at radius 2 is 1.68 bits per heavy atom. The molecule has 2 nitrogen and oxygen atoms in total. The Hall–Kier alpha value is -1.51. The second-order valence-corrected chi connectivity index (χ2v) is 5.63. The van der Waals surface area contributed by atoms with Gasteiger partial charge in [0.1, 0.15) is 11.5 Å². The topological polar surface area (TPSA) is 21.3 Å². The van der Waals surface area contributed by atoms with Gasteiger partial charge in [-0.3, -0.25) is 0 Å². The van der Waals surface area contributed by atoms with Crippen LogP contribution in [-0.4, -0.2) is 13.1 Å². The quantitative estimate of drug-likeness (QED) is 0.784. The van der Waals surface area contributed by atoms with E-state index in [1.54, 1.807) is 0 Å². The first-order valence-electron chi connectivity index (χ1n) is 6.60. The van der Waals surface area contributed by atoms with Crippen molar-refractivity contribution in [2.45, 2.75) is 11.8 Å². The second kappa shape index (κ2) is 4.26. The fourth-order valence-corrected chi connectivity index (χ4v) is 3.41. The first kappa shape index (κ1) is 11.3. The van der Waals surface area contributed by atoms with Crippen molar-refractivity contribution < 1.29 is 4.74 Å². The molecule has 1 unspecified atom stereocenters. The zero-order valence-corrected chi connectivity index (χ0v) is 11.2. The van der Waals surface area contributed by atoms with Gasteiger partial charge in [0.2, 0.25) is 0 Å². The molecule has 0 bridgehead atoms. The lowest BCUT2D eigenvalue weighted by atomic mass is 9.84. The lowest BCUT2D eigenvalue weighted by Crippen LogP contribution is -2.08. The molecule has 2 heterocycles. The molecule has 2 aliphatic rings. The van der Waals surface area contributed by atoms with E-state index in [9.17, 15) is 0 Å². The van der Waals surface area contributed by atoms with Crippen molar-refractivity contribution >= 4 is 11.6 Å². The van der Waals surface area contributed by atoms with Crippen LogP contribution >= 0.6 is 11.6 Å². The smallest absolute Gasteiger partial charge is 0.131 e. The third-order valence-corrected chi connectivity index (χ3v) is 4.36. The molecule has 0 saturated carbocycles. The summed E-state index contributed by atoms with van der Waals surface area (Å²) in [7, 11) is 0. The number of fused-ring (bicyclic) bond motifs is 5. The van der Waals surface area contributed by atoms with Gasteiger partial charge in [0.15, 0.2) is 0 Å². The molecule has 0 aliphatic carbocycles. The van der Waals surface area contributed by atoms with Crippen molar-refractivity contribution in [1.82, 2.24) is 5.32 Å². The number of ether oxygens (including phenoxy) is 1. The maximum absolute atomic E-state index is 6.16. The summed E-state index contributed by atoms with van der Waals surface area (Å²) in [6, 6.07) is 14.3. The van der Waals surface area contributed by atoms with E-state index in [-0.39, 0.29) is 0 Å². The highest BCUT2D eigenvalue weighted by atomic mass is 35.5. The summed E-state index contributed by atoms with van der Waals surface area (Å²) in [6.07, 6.45) is 0. The lowest BCUT2D eigenvalue weighted by Gasteiger charge is -2.17. The Balaban J connectivity index is 1.94. The van der Waals surface area contributed by atoms with E-state index in [1.165, 1.54) is 11.1 Å². The van der Waals surface area contributed by atoms with Crippen molar-refractivity contribution in [3.8, 4) is 11.5 Å². The van der Waals surface area contributed by atoms with E-state index < -0.39 is 0 Å². The predicted molar refractivity (Wildman–Crippen MR) is 76.3 cm³/mol. The van der Waals surface area contributed by atoms with Gasteiger partial charge in [0, 0.05) is 35.5 Å². The Morgan fingerprint density at radius 1 is 0.947 bits per heavy atom. The molecule has 0 aromatic heterocycles. The van der Waals surface area contributed by atoms with Crippen LogP contribution in [0.3, 0.4) is 0 Å². The van der Waals surface area contributed by atoms with Gasteiger partial charge in [0.25, 0.3) is 0 Å². The Labute approximate surface area is 117 Å². The van der Waals surface area contributed by atoms with Gasteiger partial charge < -0.3 is 10.1 Å². The van der Waals surface area contributed by atoms with Crippen LogP contribution in [0.4, 0.5) is 0 Å². The van der Waals surface area contributed by atoms with Crippen LogP contribution in [0.15, 0.2) is 42.5 Å². The molecule has 0 spiro atoms. The number of hydrogen-bond acceptors (Lipinski definition) is 2. The van der Waals surface area contributed by atoms with Crippen molar-refractivity contribution in [3.63, 3.8) is 0 Å². The third-order valence-electron chi connectivity index (χ3n) is 4.12. The summed E-state index contributed by atoms with van der Waals surface area (Å²) in [4.78, 5) is 0. The molecule has 96 valence electrons. The normalized spacial score (nSPS) is 23.8. The molecule has 3 heteroatoms. The van der Waals surface area contributed by atoms with E-state index in [0.717, 1.165) is 29.6 Å². The van der Waals surface area contributed by atoms with E-state index in [2.05, 4.69) is 23.5 Å². The van der Waals surface area contributed by atoms with Crippen molar-refractivity contribution in [3.05, 3.63) is 58.6 Å². The predicted octanol–water partition coefficient (Wildman–Crippen LogP) is 3.92. The molecular formula is C16H14ClNO. The van der Waals surface area contributed by atoms with Crippen LogP contribution in [0.25, 0.3) is 0 Å². The maximum Gasteiger partial charge on any atom is 0.131 e. The molecule has 2 aliphatic heterocycles. The molecule has 1 N–H and O–H groups in total. The Bertz CT molecular complexity index is 640. The molecule has 0 amide bonds. The molecule has 0 radical (unpaired) electrons. The minimum Gasteiger partial charge on any atom is -0.457 e. The summed E-state index contributed by atoms with van der Waals surface area (Å²) in [5, 5.41) is 4.27. The first-order valence-corrected chi connectivity index (χ1v) is 6.97. The van der Waals surface area contributed by atoms with E-state index in [4.69, 9.17) is 16.3 Å². The average Bonchev–Trinajstić information content (AvgIpc) is 2.86. The maximum atomic E-state index is 6.16. The highest BCUT2D eigenvalue weighted by Gasteiger charge is 2.35. The van der Waals surface area contributed by atoms with Gasteiger partial charge >= 0.3 is 0 Å². The van der Waals surface area contributed by atoms with Gasteiger partial charge in [-0.15, -0.1) is 0 Å². The third kappa shape index (κ3) is 1.75. The van der Waals surface area contributed by atoms with Crippen LogP contribution in [0, 0.1) is 0 Å². The number of benzene rings is 2. The SMILES string of the molecule is Clc1ccc2c(c1)C1CNC[C@H]1c1ccccc1O2.